The predicted molar refractivity (Wildman–Crippen MR) is 64.7 cm³/mol. The van der Waals surface area contributed by atoms with Crippen LogP contribution in [0.3, 0.4) is 0 Å². The molecule has 0 radical (unpaired) electrons. The highest BCUT2D eigenvalue weighted by molar-refractivity contribution is 6.67. The molecule has 0 N–H and O–H groups in total. The van der Waals surface area contributed by atoms with E-state index in [1.165, 1.54) is 12.1 Å². The molecule has 0 saturated carbocycles. The van der Waals surface area contributed by atoms with E-state index < -0.39 is 10.2 Å². The molecule has 1 aromatic carbocycles. The Morgan fingerprint density at radius 3 is 2.53 bits per heavy atom. The first-order valence-electron chi connectivity index (χ1n) is 5.33. The molecule has 1 aliphatic heterocycles. The Bertz CT molecular complexity index is 470. The molecule has 0 aromatic heterocycles. The number of nitrogens with zero attached hydrogens (tertiary/aromatic N) is 2. The van der Waals surface area contributed by atoms with Crippen molar-refractivity contribution in [2.75, 3.05) is 18.0 Å². The van der Waals surface area contributed by atoms with Gasteiger partial charge in [0.2, 0.25) is 0 Å². The highest BCUT2D eigenvalue weighted by Gasteiger charge is 2.23. The molecule has 1 heterocycles. The molecule has 0 amide bonds. The molecule has 0 atom stereocenters. The van der Waals surface area contributed by atoms with Gasteiger partial charge in [-0.05, 0) is 36.6 Å². The van der Waals surface area contributed by atoms with Crippen LogP contribution in [-0.4, -0.2) is 23.3 Å². The van der Waals surface area contributed by atoms with Gasteiger partial charge in [-0.1, -0.05) is 0 Å². The fraction of sp³-hybridized carbons (Fsp3) is 0.364. The molecule has 90 valence electrons. The van der Waals surface area contributed by atoms with Crippen molar-refractivity contribution in [3.8, 4) is 0 Å². The zero-order valence-electron chi connectivity index (χ0n) is 9.06. The summed E-state index contributed by atoms with van der Waals surface area (Å²) in [6.07, 6.45) is 2.07. The third kappa shape index (κ3) is 2.39. The van der Waals surface area contributed by atoms with Gasteiger partial charge in [-0.15, -0.1) is 0 Å². The van der Waals surface area contributed by atoms with Gasteiger partial charge >= 0.3 is 0 Å². The lowest BCUT2D eigenvalue weighted by Gasteiger charge is -2.17. The van der Waals surface area contributed by atoms with Crippen molar-refractivity contribution in [2.24, 2.45) is 0 Å². The summed E-state index contributed by atoms with van der Waals surface area (Å²) in [5, 5.41) is 10.3. The maximum Gasteiger partial charge on any atom is 0.293 e. The monoisotopic (exact) mass is 254 g/mol. The van der Waals surface area contributed by atoms with Crippen LogP contribution in [0.1, 0.15) is 23.2 Å². The van der Waals surface area contributed by atoms with E-state index in [-0.39, 0.29) is 11.3 Å². The zero-order chi connectivity index (χ0) is 12.4. The Kier molecular flexibility index (Phi) is 3.28. The molecule has 2 rings (SSSR count). The minimum Gasteiger partial charge on any atom is -0.366 e. The second kappa shape index (κ2) is 4.71. The maximum atomic E-state index is 11.0. The molecule has 0 bridgehead atoms. The van der Waals surface area contributed by atoms with Crippen molar-refractivity contribution < 1.29 is 9.72 Å². The predicted octanol–water partition coefficient (Wildman–Crippen LogP) is 2.57. The molecule has 0 unspecified atom stereocenters. The third-order valence-electron chi connectivity index (χ3n) is 2.85. The van der Waals surface area contributed by atoms with E-state index in [2.05, 4.69) is 0 Å². The summed E-state index contributed by atoms with van der Waals surface area (Å²) in [6.45, 7) is 1.63. The van der Waals surface area contributed by atoms with Crippen LogP contribution < -0.4 is 4.90 Å². The first kappa shape index (κ1) is 11.9. The number of nitro groups is 1. The molecule has 0 aliphatic carbocycles. The highest BCUT2D eigenvalue weighted by atomic mass is 35.5. The first-order valence-corrected chi connectivity index (χ1v) is 5.70. The van der Waals surface area contributed by atoms with Crippen molar-refractivity contribution in [3.05, 3.63) is 33.9 Å². The number of anilines is 1. The highest BCUT2D eigenvalue weighted by Crippen LogP contribution is 2.31. The zero-order valence-corrected chi connectivity index (χ0v) is 9.81. The number of hydrogen-bond donors (Lipinski definition) is 0. The number of halogens is 1. The van der Waals surface area contributed by atoms with E-state index in [1.54, 1.807) is 6.07 Å². The van der Waals surface area contributed by atoms with Crippen LogP contribution in [-0.2, 0) is 0 Å². The molecule has 1 aliphatic rings. The maximum absolute atomic E-state index is 11.0. The Morgan fingerprint density at radius 2 is 2.00 bits per heavy atom. The Hall–Kier alpha value is -1.62. The number of carbonyl (C=O) groups excluding carboxylic acids is 1. The minimum absolute atomic E-state index is 0.0570. The average molecular weight is 255 g/mol. The minimum atomic E-state index is -0.680. The molecule has 1 fully saturated rings. The van der Waals surface area contributed by atoms with Crippen molar-refractivity contribution >= 4 is 28.2 Å². The van der Waals surface area contributed by atoms with E-state index in [1.807, 2.05) is 4.90 Å². The second-order valence-corrected chi connectivity index (χ2v) is 4.27. The Morgan fingerprint density at radius 1 is 1.35 bits per heavy atom. The molecular weight excluding hydrogens is 244 g/mol. The number of nitro benzene ring substituents is 1. The molecule has 1 aromatic rings. The van der Waals surface area contributed by atoms with E-state index in [9.17, 15) is 14.9 Å². The van der Waals surface area contributed by atoms with Crippen LogP contribution in [0.5, 0.6) is 0 Å². The van der Waals surface area contributed by atoms with Crippen LogP contribution in [0, 0.1) is 10.1 Å². The summed E-state index contributed by atoms with van der Waals surface area (Å²) in [7, 11) is 0. The van der Waals surface area contributed by atoms with Crippen LogP contribution in [0.2, 0.25) is 0 Å². The summed E-state index contributed by atoms with van der Waals surface area (Å²) in [4.78, 5) is 23.4. The van der Waals surface area contributed by atoms with Crippen molar-refractivity contribution in [2.45, 2.75) is 12.8 Å². The van der Waals surface area contributed by atoms with Gasteiger partial charge in [0.05, 0.1) is 4.92 Å². The second-order valence-electron chi connectivity index (χ2n) is 3.93. The number of rotatable bonds is 3. The number of hydrogen-bond acceptors (Lipinski definition) is 4. The standard InChI is InChI=1S/C11H11ClN2O3/c12-11(15)8-3-4-9(10(7-8)14(16)17)13-5-1-2-6-13/h3-4,7H,1-2,5-6H2. The fourth-order valence-electron chi connectivity index (χ4n) is 2.02. The van der Waals surface area contributed by atoms with Crippen molar-refractivity contribution in [1.82, 2.24) is 0 Å². The van der Waals surface area contributed by atoms with Gasteiger partial charge in [0.15, 0.2) is 0 Å². The van der Waals surface area contributed by atoms with Crippen LogP contribution in [0.15, 0.2) is 18.2 Å². The van der Waals surface area contributed by atoms with E-state index in [4.69, 9.17) is 11.6 Å². The van der Waals surface area contributed by atoms with Crippen LogP contribution in [0.4, 0.5) is 11.4 Å². The van der Waals surface area contributed by atoms with Gasteiger partial charge in [0, 0.05) is 24.7 Å². The lowest BCUT2D eigenvalue weighted by atomic mass is 10.1. The average Bonchev–Trinajstić information content (AvgIpc) is 2.81. The molecular formula is C11H11ClN2O3. The van der Waals surface area contributed by atoms with Gasteiger partial charge in [-0.2, -0.15) is 0 Å². The van der Waals surface area contributed by atoms with Gasteiger partial charge in [0.25, 0.3) is 10.9 Å². The molecule has 17 heavy (non-hydrogen) atoms. The summed E-state index contributed by atoms with van der Waals surface area (Å²) in [6, 6.07) is 4.36. The number of carbonyl (C=O) groups is 1. The van der Waals surface area contributed by atoms with Gasteiger partial charge in [-0.3, -0.25) is 14.9 Å². The molecule has 6 heteroatoms. The third-order valence-corrected chi connectivity index (χ3v) is 3.06. The smallest absolute Gasteiger partial charge is 0.293 e. The van der Waals surface area contributed by atoms with Gasteiger partial charge < -0.3 is 4.90 Å². The largest absolute Gasteiger partial charge is 0.366 e. The topological polar surface area (TPSA) is 63.5 Å². The summed E-state index contributed by atoms with van der Waals surface area (Å²) >= 11 is 5.32. The Labute approximate surface area is 103 Å². The fourth-order valence-corrected chi connectivity index (χ4v) is 2.13. The van der Waals surface area contributed by atoms with Gasteiger partial charge in [-0.25, -0.2) is 0 Å². The van der Waals surface area contributed by atoms with Gasteiger partial charge in [0.1, 0.15) is 5.69 Å². The van der Waals surface area contributed by atoms with E-state index in [0.29, 0.717) is 5.69 Å². The lowest BCUT2D eigenvalue weighted by molar-refractivity contribution is -0.384. The summed E-state index contributed by atoms with van der Waals surface area (Å²) < 4.78 is 0. The molecule has 1 saturated heterocycles. The quantitative estimate of drug-likeness (QED) is 0.472. The van der Waals surface area contributed by atoms with E-state index >= 15 is 0 Å². The molecule has 0 spiro atoms. The van der Waals surface area contributed by atoms with Crippen LogP contribution >= 0.6 is 11.6 Å². The summed E-state index contributed by atoms with van der Waals surface area (Å²) in [5.41, 5.74) is 0.661. The lowest BCUT2D eigenvalue weighted by Crippen LogP contribution is -2.19. The van der Waals surface area contributed by atoms with Crippen molar-refractivity contribution in [1.29, 1.82) is 0 Å². The SMILES string of the molecule is O=C(Cl)c1ccc(N2CCCC2)c([N+](=O)[O-])c1. The van der Waals surface area contributed by atoms with Crippen LogP contribution in [0.25, 0.3) is 0 Å². The first-order chi connectivity index (χ1) is 8.09. The Balaban J connectivity index is 2.44. The normalized spacial score (nSPS) is 15.0. The molecule has 5 nitrogen and oxygen atoms in total. The van der Waals surface area contributed by atoms with Crippen molar-refractivity contribution in [3.63, 3.8) is 0 Å². The van der Waals surface area contributed by atoms with E-state index in [0.717, 1.165) is 25.9 Å². The number of benzene rings is 1. The summed E-state index contributed by atoms with van der Waals surface area (Å²) in [5.74, 6) is 0.